The van der Waals surface area contributed by atoms with Gasteiger partial charge in [-0.25, -0.2) is 0 Å². The summed E-state index contributed by atoms with van der Waals surface area (Å²) < 4.78 is 11.7. The molecule has 0 aromatic heterocycles. The number of hydrogen-bond acceptors (Lipinski definition) is 4. The van der Waals surface area contributed by atoms with Crippen molar-refractivity contribution in [2.45, 2.75) is 44.9 Å². The summed E-state index contributed by atoms with van der Waals surface area (Å²) in [6, 6.07) is 13.4. The van der Waals surface area contributed by atoms with E-state index in [1.807, 2.05) is 36.4 Å². The number of carbonyl (C=O) groups is 2. The van der Waals surface area contributed by atoms with Crippen LogP contribution in [0.15, 0.2) is 46.9 Å². The summed E-state index contributed by atoms with van der Waals surface area (Å²) in [7, 11) is 1.37. The summed E-state index contributed by atoms with van der Waals surface area (Å²) in [4.78, 5) is 26.1. The second kappa shape index (κ2) is 9.57. The molecule has 0 saturated heterocycles. The average Bonchev–Trinajstić information content (AvgIpc) is 2.73. The number of ether oxygens (including phenoxy) is 2. The molecule has 0 N–H and O–H groups in total. The van der Waals surface area contributed by atoms with Crippen LogP contribution < -0.4 is 9.64 Å². The van der Waals surface area contributed by atoms with Crippen molar-refractivity contribution in [3.63, 3.8) is 0 Å². The largest absolute Gasteiger partial charge is 0.473 e. The van der Waals surface area contributed by atoms with Gasteiger partial charge < -0.3 is 9.47 Å². The topological polar surface area (TPSA) is 55.8 Å². The molecule has 162 valence electrons. The lowest BCUT2D eigenvalue weighted by Crippen LogP contribution is -2.43. The lowest BCUT2D eigenvalue weighted by atomic mass is 9.77. The second-order valence-corrected chi connectivity index (χ2v) is 9.03. The van der Waals surface area contributed by atoms with Gasteiger partial charge in [0.15, 0.2) is 6.73 Å². The zero-order valence-corrected chi connectivity index (χ0v) is 19.8. The summed E-state index contributed by atoms with van der Waals surface area (Å²) in [6.45, 7) is 6.03. The lowest BCUT2D eigenvalue weighted by Gasteiger charge is -2.38. The average molecular weight is 484 g/mol. The molecule has 0 bridgehead atoms. The van der Waals surface area contributed by atoms with Crippen LogP contribution in [-0.2, 0) is 19.7 Å². The van der Waals surface area contributed by atoms with E-state index in [0.717, 1.165) is 21.3 Å². The van der Waals surface area contributed by atoms with Crippen molar-refractivity contribution in [2.75, 3.05) is 18.7 Å². The van der Waals surface area contributed by atoms with Gasteiger partial charge >= 0.3 is 5.97 Å². The Balaban J connectivity index is 1.75. The number of hydrogen-bond donors (Lipinski definition) is 0. The van der Waals surface area contributed by atoms with Gasteiger partial charge in [0.2, 0.25) is 5.91 Å². The number of benzene rings is 2. The fourth-order valence-corrected chi connectivity index (χ4v) is 4.10. The summed E-state index contributed by atoms with van der Waals surface area (Å²) in [5.41, 5.74) is 2.67. The minimum Gasteiger partial charge on any atom is -0.473 e. The van der Waals surface area contributed by atoms with Gasteiger partial charge in [-0.15, -0.1) is 5.92 Å². The normalized spacial score (nSPS) is 15.4. The van der Waals surface area contributed by atoms with Crippen LogP contribution >= 0.6 is 15.9 Å². The maximum Gasteiger partial charge on any atom is 0.307 e. The minimum absolute atomic E-state index is 0.0350. The third kappa shape index (κ3) is 5.29. The van der Waals surface area contributed by atoms with Gasteiger partial charge in [0.25, 0.3) is 0 Å². The highest BCUT2D eigenvalue weighted by Crippen LogP contribution is 2.41. The van der Waals surface area contributed by atoms with E-state index < -0.39 is 0 Å². The predicted molar refractivity (Wildman–Crippen MR) is 124 cm³/mol. The van der Waals surface area contributed by atoms with Gasteiger partial charge in [0.05, 0.1) is 25.1 Å². The Morgan fingerprint density at radius 1 is 1.23 bits per heavy atom. The van der Waals surface area contributed by atoms with Crippen molar-refractivity contribution in [2.24, 2.45) is 0 Å². The molecule has 1 atom stereocenters. The second-order valence-electron chi connectivity index (χ2n) is 8.11. The van der Waals surface area contributed by atoms with Crippen LogP contribution in [0.1, 0.15) is 50.7 Å². The summed E-state index contributed by atoms with van der Waals surface area (Å²) in [6.07, 6.45) is 0.617. The highest BCUT2D eigenvalue weighted by atomic mass is 79.9. The van der Waals surface area contributed by atoms with Crippen molar-refractivity contribution in [3.05, 3.63) is 58.1 Å². The lowest BCUT2D eigenvalue weighted by molar-refractivity contribution is -0.140. The van der Waals surface area contributed by atoms with Crippen LogP contribution in [0.5, 0.6) is 5.75 Å². The Labute approximate surface area is 191 Å². The third-order valence-electron chi connectivity index (χ3n) is 5.43. The molecule has 1 unspecified atom stereocenters. The van der Waals surface area contributed by atoms with Crippen molar-refractivity contribution >= 4 is 33.5 Å². The molecule has 0 fully saturated rings. The first kappa shape index (κ1) is 22.9. The van der Waals surface area contributed by atoms with Crippen LogP contribution in [0.3, 0.4) is 0 Å². The van der Waals surface area contributed by atoms with Crippen molar-refractivity contribution < 1.29 is 19.1 Å². The molecule has 0 saturated carbocycles. The Bertz CT molecular complexity index is 1030. The SMILES string of the molecule is CC#CC(CC(=O)OC)c1ccc(OCN2C(=O)CC(C)(C)c3cc(Br)ccc32)cc1. The van der Waals surface area contributed by atoms with Crippen LogP contribution in [0.25, 0.3) is 0 Å². The Morgan fingerprint density at radius 2 is 1.94 bits per heavy atom. The predicted octanol–water partition coefficient (Wildman–Crippen LogP) is 5.17. The molecular formula is C25H26BrNO4. The first-order valence-corrected chi connectivity index (χ1v) is 10.9. The molecule has 2 aromatic carbocycles. The number of halogens is 1. The van der Waals surface area contributed by atoms with E-state index in [0.29, 0.717) is 12.2 Å². The molecule has 6 heteroatoms. The maximum absolute atomic E-state index is 12.8. The molecule has 1 amide bonds. The monoisotopic (exact) mass is 483 g/mol. The van der Waals surface area contributed by atoms with Gasteiger partial charge in [-0.3, -0.25) is 14.5 Å². The molecule has 2 aromatic rings. The van der Waals surface area contributed by atoms with Crippen LogP contribution in [-0.4, -0.2) is 25.7 Å². The zero-order valence-electron chi connectivity index (χ0n) is 18.2. The van der Waals surface area contributed by atoms with Crippen LogP contribution in [0.2, 0.25) is 0 Å². The van der Waals surface area contributed by atoms with Gasteiger partial charge in [0, 0.05) is 16.3 Å². The van der Waals surface area contributed by atoms with Gasteiger partial charge in [-0.1, -0.05) is 47.8 Å². The van der Waals surface area contributed by atoms with Crippen molar-refractivity contribution in [1.29, 1.82) is 0 Å². The van der Waals surface area contributed by atoms with E-state index in [4.69, 9.17) is 9.47 Å². The zero-order chi connectivity index (χ0) is 22.6. The van der Waals surface area contributed by atoms with E-state index >= 15 is 0 Å². The summed E-state index contributed by atoms with van der Waals surface area (Å²) in [5, 5.41) is 0. The molecule has 1 aliphatic rings. The van der Waals surface area contributed by atoms with Gasteiger partial charge in [-0.2, -0.15) is 0 Å². The molecule has 31 heavy (non-hydrogen) atoms. The van der Waals surface area contributed by atoms with E-state index in [-0.39, 0.29) is 36.4 Å². The Hall–Kier alpha value is -2.78. The van der Waals surface area contributed by atoms with Crippen molar-refractivity contribution in [1.82, 2.24) is 0 Å². The number of carbonyl (C=O) groups excluding carboxylic acids is 2. The van der Waals surface area contributed by atoms with Gasteiger partial charge in [-0.05, 0) is 48.4 Å². The fraction of sp³-hybridized carbons (Fsp3) is 0.360. The van der Waals surface area contributed by atoms with E-state index in [2.05, 4.69) is 47.7 Å². The number of rotatable bonds is 6. The molecule has 5 nitrogen and oxygen atoms in total. The first-order chi connectivity index (χ1) is 14.7. The summed E-state index contributed by atoms with van der Waals surface area (Å²) in [5.74, 6) is 6.06. The summed E-state index contributed by atoms with van der Waals surface area (Å²) >= 11 is 3.53. The molecule has 0 spiro atoms. The number of fused-ring (bicyclic) bond motifs is 1. The smallest absolute Gasteiger partial charge is 0.307 e. The molecule has 1 aliphatic heterocycles. The molecule has 0 radical (unpaired) electrons. The number of esters is 1. The molecule has 0 aliphatic carbocycles. The highest BCUT2D eigenvalue weighted by Gasteiger charge is 2.37. The Morgan fingerprint density at radius 3 is 2.58 bits per heavy atom. The highest BCUT2D eigenvalue weighted by molar-refractivity contribution is 9.10. The van der Waals surface area contributed by atoms with Gasteiger partial charge in [0.1, 0.15) is 5.75 Å². The fourth-order valence-electron chi connectivity index (χ4n) is 3.74. The molecular weight excluding hydrogens is 458 g/mol. The first-order valence-electron chi connectivity index (χ1n) is 10.1. The number of amides is 1. The van der Waals surface area contributed by atoms with E-state index in [1.54, 1.807) is 11.8 Å². The number of anilines is 1. The van der Waals surface area contributed by atoms with E-state index in [1.165, 1.54) is 7.11 Å². The Kier molecular flexibility index (Phi) is 7.07. The minimum atomic E-state index is -0.301. The van der Waals surface area contributed by atoms with Crippen LogP contribution in [0, 0.1) is 11.8 Å². The quantitative estimate of drug-likeness (QED) is 0.420. The third-order valence-corrected chi connectivity index (χ3v) is 5.93. The van der Waals surface area contributed by atoms with Crippen molar-refractivity contribution in [3.8, 4) is 17.6 Å². The van der Waals surface area contributed by atoms with E-state index in [9.17, 15) is 9.59 Å². The molecule has 3 rings (SSSR count). The number of methoxy groups -OCH3 is 1. The number of nitrogens with zero attached hydrogens (tertiary/aromatic N) is 1. The maximum atomic E-state index is 12.8. The standard InChI is InChI=1S/C25H26BrNO4/c1-5-6-18(13-24(29)30-4)17-7-10-20(11-8-17)31-16-27-22-12-9-19(26)14-21(22)25(2,3)15-23(27)28/h7-12,14,18H,13,15-16H2,1-4H3. The molecule has 1 heterocycles. The van der Waals surface area contributed by atoms with Crippen LogP contribution in [0.4, 0.5) is 5.69 Å².